The van der Waals surface area contributed by atoms with E-state index in [9.17, 15) is 30.3 Å². The van der Waals surface area contributed by atoms with E-state index in [1.807, 2.05) is 6.08 Å². The molecule has 0 aromatic carbocycles. The minimum absolute atomic E-state index is 0.177. The molecule has 290 valence electrons. The minimum atomic E-state index is -1.56. The number of unbranched alkanes of at least 4 members (excludes halogenated alkanes) is 23. The highest BCUT2D eigenvalue weighted by atomic mass is 16.7. The van der Waals surface area contributed by atoms with Crippen LogP contribution in [0, 0.1) is 0 Å². The van der Waals surface area contributed by atoms with Crippen molar-refractivity contribution in [1.29, 1.82) is 0 Å². The number of ether oxygens (including phenoxy) is 2. The van der Waals surface area contributed by atoms with E-state index in [1.165, 1.54) is 122 Å². The van der Waals surface area contributed by atoms with Crippen LogP contribution in [0.3, 0.4) is 0 Å². The summed E-state index contributed by atoms with van der Waals surface area (Å²) in [4.78, 5) is 12.9. The summed E-state index contributed by atoms with van der Waals surface area (Å²) < 4.78 is 11.2. The van der Waals surface area contributed by atoms with Crippen LogP contribution in [0.15, 0.2) is 12.2 Å². The molecule has 0 aliphatic carbocycles. The first-order valence-electron chi connectivity index (χ1n) is 20.4. The number of rotatable bonds is 33. The molecule has 0 spiro atoms. The summed E-state index contributed by atoms with van der Waals surface area (Å²) in [7, 11) is 0. The summed E-state index contributed by atoms with van der Waals surface area (Å²) in [5.74, 6) is -0.177. The maximum Gasteiger partial charge on any atom is 0.220 e. The fourth-order valence-corrected chi connectivity index (χ4v) is 6.51. The predicted octanol–water partition coefficient (Wildman–Crippen LogP) is 7.39. The lowest BCUT2D eigenvalue weighted by molar-refractivity contribution is -0.302. The van der Waals surface area contributed by atoms with Crippen molar-refractivity contribution < 1.29 is 39.8 Å². The van der Waals surface area contributed by atoms with E-state index in [0.29, 0.717) is 6.42 Å². The van der Waals surface area contributed by atoms with Crippen LogP contribution >= 0.6 is 0 Å². The van der Waals surface area contributed by atoms with E-state index in [-0.39, 0.29) is 12.5 Å². The van der Waals surface area contributed by atoms with E-state index in [4.69, 9.17) is 9.47 Å². The molecular formula is C40H77NO8. The average molecular weight is 700 g/mol. The molecule has 1 aliphatic rings. The quantitative estimate of drug-likeness (QED) is 0.0307. The van der Waals surface area contributed by atoms with Crippen molar-refractivity contribution in [1.82, 2.24) is 5.32 Å². The maximum absolute atomic E-state index is 12.9. The highest BCUT2D eigenvalue weighted by molar-refractivity contribution is 5.76. The van der Waals surface area contributed by atoms with Crippen molar-refractivity contribution in [2.45, 2.75) is 224 Å². The number of hydrogen-bond acceptors (Lipinski definition) is 8. The van der Waals surface area contributed by atoms with Crippen LogP contribution in [-0.4, -0.2) is 87.5 Å². The van der Waals surface area contributed by atoms with E-state index in [0.717, 1.165) is 38.5 Å². The molecule has 49 heavy (non-hydrogen) atoms. The maximum atomic E-state index is 12.9. The Morgan fingerprint density at radius 3 is 1.59 bits per heavy atom. The lowest BCUT2D eigenvalue weighted by atomic mass is 9.99. The molecule has 7 atom stereocenters. The molecule has 1 fully saturated rings. The van der Waals surface area contributed by atoms with Gasteiger partial charge in [0.2, 0.25) is 5.91 Å². The molecular weight excluding hydrogens is 622 g/mol. The van der Waals surface area contributed by atoms with Gasteiger partial charge < -0.3 is 40.3 Å². The number of aliphatic hydroxyl groups is 5. The fraction of sp³-hybridized carbons (Fsp3) is 0.925. The van der Waals surface area contributed by atoms with Gasteiger partial charge in [0.15, 0.2) is 6.29 Å². The molecule has 7 unspecified atom stereocenters. The van der Waals surface area contributed by atoms with E-state index < -0.39 is 49.5 Å². The lowest BCUT2D eigenvalue weighted by Crippen LogP contribution is -2.60. The highest BCUT2D eigenvalue weighted by Crippen LogP contribution is 2.22. The molecule has 0 aromatic heterocycles. The largest absolute Gasteiger partial charge is 0.394 e. The highest BCUT2D eigenvalue weighted by Gasteiger charge is 2.44. The van der Waals surface area contributed by atoms with E-state index in [2.05, 4.69) is 19.2 Å². The Morgan fingerprint density at radius 1 is 0.673 bits per heavy atom. The van der Waals surface area contributed by atoms with Crippen LogP contribution in [0.4, 0.5) is 0 Å². The number of aliphatic hydroxyl groups excluding tert-OH is 5. The van der Waals surface area contributed by atoms with E-state index >= 15 is 0 Å². The summed E-state index contributed by atoms with van der Waals surface area (Å²) in [5.41, 5.74) is 0. The molecule has 1 rings (SSSR count). The second-order valence-corrected chi connectivity index (χ2v) is 14.4. The van der Waals surface area contributed by atoms with Crippen molar-refractivity contribution in [2.75, 3.05) is 13.2 Å². The van der Waals surface area contributed by atoms with Crippen LogP contribution in [-0.2, 0) is 14.3 Å². The Bertz CT molecular complexity index is 781. The second-order valence-electron chi connectivity index (χ2n) is 14.4. The van der Waals surface area contributed by atoms with Gasteiger partial charge in [-0.2, -0.15) is 0 Å². The first-order chi connectivity index (χ1) is 23.8. The van der Waals surface area contributed by atoms with Crippen LogP contribution in [0.1, 0.15) is 181 Å². The normalized spacial score (nSPS) is 22.5. The summed E-state index contributed by atoms with van der Waals surface area (Å²) in [5, 5.41) is 53.9. The molecule has 0 aromatic rings. The molecule has 0 saturated carbocycles. The third kappa shape index (κ3) is 23.2. The number of carbonyl (C=O) groups excluding carboxylic acids is 1. The minimum Gasteiger partial charge on any atom is -0.394 e. The monoisotopic (exact) mass is 700 g/mol. The van der Waals surface area contributed by atoms with Gasteiger partial charge in [0.1, 0.15) is 24.4 Å². The van der Waals surface area contributed by atoms with Crippen LogP contribution in [0.25, 0.3) is 0 Å². The number of nitrogens with one attached hydrogen (secondary N) is 1. The third-order valence-corrected chi connectivity index (χ3v) is 9.86. The zero-order valence-electron chi connectivity index (χ0n) is 31.5. The Morgan fingerprint density at radius 2 is 1.12 bits per heavy atom. The smallest absolute Gasteiger partial charge is 0.220 e. The standard InChI is InChI=1S/C40H77NO8/c1-3-5-7-9-11-13-15-17-18-20-22-24-26-28-30-36(44)41-33(32-48-40-39(47)38(46)37(45)35(31-42)49-40)34(43)29-27-25-23-21-19-16-14-12-10-8-6-4-2/h27,29,33-35,37-40,42-43,45-47H,3-26,28,30-32H2,1-2H3,(H,41,44)/b29-27+. The van der Waals surface area contributed by atoms with Crippen molar-refractivity contribution in [2.24, 2.45) is 0 Å². The van der Waals surface area contributed by atoms with Crippen LogP contribution < -0.4 is 5.32 Å². The van der Waals surface area contributed by atoms with Crippen LogP contribution in [0.5, 0.6) is 0 Å². The number of carbonyl (C=O) groups is 1. The lowest BCUT2D eigenvalue weighted by Gasteiger charge is -2.40. The topological polar surface area (TPSA) is 149 Å². The molecule has 0 bridgehead atoms. The molecule has 1 amide bonds. The molecule has 9 heteroatoms. The summed E-state index contributed by atoms with van der Waals surface area (Å²) >= 11 is 0. The molecule has 0 radical (unpaired) electrons. The van der Waals surface area contributed by atoms with Gasteiger partial charge in [-0.3, -0.25) is 4.79 Å². The van der Waals surface area contributed by atoms with Gasteiger partial charge >= 0.3 is 0 Å². The number of amides is 1. The number of hydrogen-bond donors (Lipinski definition) is 6. The van der Waals surface area contributed by atoms with Gasteiger partial charge in [-0.25, -0.2) is 0 Å². The molecule has 9 nitrogen and oxygen atoms in total. The zero-order chi connectivity index (χ0) is 36.0. The fourth-order valence-electron chi connectivity index (χ4n) is 6.51. The summed E-state index contributed by atoms with van der Waals surface area (Å²) in [6.45, 7) is 3.75. The van der Waals surface area contributed by atoms with Gasteiger partial charge in [-0.15, -0.1) is 0 Å². The van der Waals surface area contributed by atoms with Crippen molar-refractivity contribution in [3.8, 4) is 0 Å². The summed E-state index contributed by atoms with van der Waals surface area (Å²) in [6.07, 6.45) is 26.8. The molecule has 1 heterocycles. The molecule has 1 aliphatic heterocycles. The first kappa shape index (κ1) is 46.0. The SMILES string of the molecule is CCCCCCCCCCCC/C=C/C(O)C(COC1OC(CO)C(O)C(O)C1O)NC(=O)CCCCCCCCCCCCCCCC. The van der Waals surface area contributed by atoms with Crippen molar-refractivity contribution in [3.63, 3.8) is 0 Å². The van der Waals surface area contributed by atoms with Crippen molar-refractivity contribution >= 4 is 5.91 Å². The third-order valence-electron chi connectivity index (χ3n) is 9.86. The molecule has 6 N–H and O–H groups in total. The van der Waals surface area contributed by atoms with E-state index in [1.54, 1.807) is 6.08 Å². The zero-order valence-corrected chi connectivity index (χ0v) is 31.5. The Kier molecular flexibility index (Phi) is 29.7. The molecule has 1 saturated heterocycles. The van der Waals surface area contributed by atoms with Crippen LogP contribution in [0.2, 0.25) is 0 Å². The predicted molar refractivity (Wildman–Crippen MR) is 198 cm³/mol. The average Bonchev–Trinajstić information content (AvgIpc) is 3.10. The van der Waals surface area contributed by atoms with Gasteiger partial charge in [0.25, 0.3) is 0 Å². The Balaban J connectivity index is 2.42. The van der Waals surface area contributed by atoms with Gasteiger partial charge in [0, 0.05) is 6.42 Å². The number of allylic oxidation sites excluding steroid dienone is 1. The Hall–Kier alpha value is -1.07. The van der Waals surface area contributed by atoms with Gasteiger partial charge in [-0.1, -0.05) is 167 Å². The Labute approximate surface area is 299 Å². The van der Waals surface area contributed by atoms with Gasteiger partial charge in [0.05, 0.1) is 25.4 Å². The first-order valence-corrected chi connectivity index (χ1v) is 20.4. The van der Waals surface area contributed by atoms with Gasteiger partial charge in [-0.05, 0) is 19.3 Å². The second kappa shape index (κ2) is 31.6. The summed E-state index contributed by atoms with van der Waals surface area (Å²) in [6, 6.07) is -0.796. The van der Waals surface area contributed by atoms with Crippen molar-refractivity contribution in [3.05, 3.63) is 12.2 Å².